The molecule has 7 heteroatoms. The van der Waals surface area contributed by atoms with Crippen LogP contribution in [0.3, 0.4) is 0 Å². The Morgan fingerprint density at radius 2 is 1.76 bits per heavy atom. The number of carbonyl (C=O) groups excluding carboxylic acids is 2. The van der Waals surface area contributed by atoms with Crippen molar-refractivity contribution in [1.29, 1.82) is 0 Å². The van der Waals surface area contributed by atoms with Crippen molar-refractivity contribution < 1.29 is 28.5 Å². The summed E-state index contributed by atoms with van der Waals surface area (Å²) in [4.78, 5) is 28.3. The molecule has 0 aromatic heterocycles. The normalized spacial score (nSPS) is 21.4. The summed E-state index contributed by atoms with van der Waals surface area (Å²) in [6.07, 6.45) is 2.38. The van der Waals surface area contributed by atoms with Gasteiger partial charge < -0.3 is 18.9 Å². The predicted octanol–water partition coefficient (Wildman–Crippen LogP) is 4.50. The van der Waals surface area contributed by atoms with Gasteiger partial charge in [0, 0.05) is 24.9 Å². The molecule has 4 rings (SSSR count). The number of methoxy groups -OCH3 is 1. The molecule has 2 aliphatic rings. The average Bonchev–Trinajstić information content (AvgIpc) is 3.47. The van der Waals surface area contributed by atoms with Crippen LogP contribution in [0.15, 0.2) is 42.5 Å². The molecule has 3 atom stereocenters. The zero-order chi connectivity index (χ0) is 24.1. The molecule has 2 aromatic rings. The quantitative estimate of drug-likeness (QED) is 0.476. The summed E-state index contributed by atoms with van der Waals surface area (Å²) in [5, 5.41) is 0. The minimum Gasteiger partial charge on any atom is -0.497 e. The molecule has 1 saturated heterocycles. The average molecular weight is 468 g/mol. The molecule has 0 saturated carbocycles. The topological polar surface area (TPSA) is 74.3 Å². The van der Waals surface area contributed by atoms with Crippen LogP contribution in [0.2, 0.25) is 0 Å². The Balaban J connectivity index is 1.72. The van der Waals surface area contributed by atoms with Crippen molar-refractivity contribution in [2.24, 2.45) is 5.92 Å². The molecule has 0 bridgehead atoms. The standard InChI is InChI=1S/C27H33NO6/c1-4-6-7-20(29)15-28-16-22(19-10-13-23-24(14-19)34-17-33-23)25(27(30)32-5-2)26(28)18-8-11-21(31-3)12-9-18/h8-14,22,25-26H,4-7,15-17H2,1-3H3/t22-,25+,26-/m1/s1. The Morgan fingerprint density at radius 3 is 2.47 bits per heavy atom. The monoisotopic (exact) mass is 467 g/mol. The molecule has 2 heterocycles. The summed E-state index contributed by atoms with van der Waals surface area (Å²) in [6.45, 7) is 5.25. The number of Topliss-reactive ketones (excluding diaryl/α,β-unsaturated/α-hetero) is 1. The molecule has 0 aliphatic carbocycles. The summed E-state index contributed by atoms with van der Waals surface area (Å²) in [5.74, 6) is 1.44. The van der Waals surface area contributed by atoms with Gasteiger partial charge in [-0.25, -0.2) is 0 Å². The molecule has 0 amide bonds. The van der Waals surface area contributed by atoms with Crippen LogP contribution >= 0.6 is 0 Å². The summed E-state index contributed by atoms with van der Waals surface area (Å²) in [7, 11) is 1.63. The third kappa shape index (κ3) is 5.04. The molecule has 0 spiro atoms. The number of ether oxygens (including phenoxy) is 4. The Morgan fingerprint density at radius 1 is 1.03 bits per heavy atom. The Kier molecular flexibility index (Phi) is 7.73. The molecular formula is C27H33NO6. The summed E-state index contributed by atoms with van der Waals surface area (Å²) < 4.78 is 21.9. The summed E-state index contributed by atoms with van der Waals surface area (Å²) >= 11 is 0. The fraction of sp³-hybridized carbons (Fsp3) is 0.481. The number of fused-ring (bicyclic) bond motifs is 1. The first-order valence-electron chi connectivity index (χ1n) is 12.0. The number of likely N-dealkylation sites (tertiary alicyclic amines) is 1. The highest BCUT2D eigenvalue weighted by atomic mass is 16.7. The molecule has 0 radical (unpaired) electrons. The zero-order valence-corrected chi connectivity index (χ0v) is 20.1. The smallest absolute Gasteiger partial charge is 0.311 e. The van der Waals surface area contributed by atoms with Crippen LogP contribution in [-0.2, 0) is 14.3 Å². The van der Waals surface area contributed by atoms with Crippen molar-refractivity contribution in [3.63, 3.8) is 0 Å². The van der Waals surface area contributed by atoms with Gasteiger partial charge in [-0.05, 0) is 48.7 Å². The first-order chi connectivity index (χ1) is 16.5. The first kappa shape index (κ1) is 24.1. The lowest BCUT2D eigenvalue weighted by Gasteiger charge is -2.28. The maximum Gasteiger partial charge on any atom is 0.311 e. The van der Waals surface area contributed by atoms with E-state index in [1.807, 2.05) is 49.4 Å². The van der Waals surface area contributed by atoms with Gasteiger partial charge in [-0.3, -0.25) is 14.5 Å². The lowest BCUT2D eigenvalue weighted by atomic mass is 9.82. The van der Waals surface area contributed by atoms with Crippen molar-refractivity contribution in [3.05, 3.63) is 53.6 Å². The van der Waals surface area contributed by atoms with Crippen LogP contribution in [0.5, 0.6) is 17.2 Å². The Labute approximate surface area is 200 Å². The molecular weight excluding hydrogens is 434 g/mol. The van der Waals surface area contributed by atoms with Crippen LogP contribution in [0.4, 0.5) is 0 Å². The van der Waals surface area contributed by atoms with Gasteiger partial charge in [0.1, 0.15) is 11.5 Å². The maximum atomic E-state index is 13.4. The van der Waals surface area contributed by atoms with Gasteiger partial charge in [0.25, 0.3) is 0 Å². The molecule has 2 aromatic carbocycles. The maximum absolute atomic E-state index is 13.4. The van der Waals surface area contributed by atoms with Gasteiger partial charge in [-0.15, -0.1) is 0 Å². The number of nitrogens with zero attached hydrogens (tertiary/aromatic N) is 1. The molecule has 2 aliphatic heterocycles. The molecule has 34 heavy (non-hydrogen) atoms. The summed E-state index contributed by atoms with van der Waals surface area (Å²) in [5.41, 5.74) is 1.94. The van der Waals surface area contributed by atoms with Gasteiger partial charge in [0.05, 0.1) is 26.2 Å². The first-order valence-corrected chi connectivity index (χ1v) is 12.0. The van der Waals surface area contributed by atoms with Crippen LogP contribution in [-0.4, -0.2) is 50.3 Å². The molecule has 0 unspecified atom stereocenters. The Bertz CT molecular complexity index is 1000. The number of hydrogen-bond donors (Lipinski definition) is 0. The van der Waals surface area contributed by atoms with E-state index in [4.69, 9.17) is 18.9 Å². The summed E-state index contributed by atoms with van der Waals surface area (Å²) in [6, 6.07) is 13.3. The number of ketones is 1. The van der Waals surface area contributed by atoms with Crippen LogP contribution in [0.1, 0.15) is 56.2 Å². The minimum atomic E-state index is -0.465. The second-order valence-electron chi connectivity index (χ2n) is 8.79. The van der Waals surface area contributed by atoms with E-state index in [9.17, 15) is 9.59 Å². The number of benzene rings is 2. The van der Waals surface area contributed by atoms with E-state index in [0.717, 1.165) is 29.7 Å². The van der Waals surface area contributed by atoms with E-state index in [2.05, 4.69) is 11.8 Å². The predicted molar refractivity (Wildman–Crippen MR) is 127 cm³/mol. The van der Waals surface area contributed by atoms with Gasteiger partial charge in [-0.2, -0.15) is 0 Å². The number of esters is 1. The molecule has 1 fully saturated rings. The van der Waals surface area contributed by atoms with Crippen LogP contribution in [0.25, 0.3) is 0 Å². The van der Waals surface area contributed by atoms with Crippen molar-refractivity contribution in [3.8, 4) is 17.2 Å². The second-order valence-corrected chi connectivity index (χ2v) is 8.79. The molecule has 0 N–H and O–H groups in total. The van der Waals surface area contributed by atoms with E-state index < -0.39 is 5.92 Å². The fourth-order valence-electron chi connectivity index (χ4n) is 4.98. The van der Waals surface area contributed by atoms with E-state index in [1.165, 1.54) is 0 Å². The highest BCUT2D eigenvalue weighted by molar-refractivity contribution is 5.81. The van der Waals surface area contributed by atoms with E-state index in [1.54, 1.807) is 7.11 Å². The lowest BCUT2D eigenvalue weighted by Crippen LogP contribution is -2.33. The van der Waals surface area contributed by atoms with Gasteiger partial charge >= 0.3 is 5.97 Å². The van der Waals surface area contributed by atoms with Crippen LogP contribution < -0.4 is 14.2 Å². The van der Waals surface area contributed by atoms with Crippen molar-refractivity contribution in [1.82, 2.24) is 4.90 Å². The van der Waals surface area contributed by atoms with E-state index in [0.29, 0.717) is 37.6 Å². The highest BCUT2D eigenvalue weighted by Gasteiger charge is 2.48. The minimum absolute atomic E-state index is 0.153. The van der Waals surface area contributed by atoms with E-state index in [-0.39, 0.29) is 30.5 Å². The number of carbonyl (C=O) groups is 2. The van der Waals surface area contributed by atoms with Crippen molar-refractivity contribution >= 4 is 11.8 Å². The number of hydrogen-bond acceptors (Lipinski definition) is 7. The Hall–Kier alpha value is -3.06. The van der Waals surface area contributed by atoms with Crippen molar-refractivity contribution in [2.75, 3.05) is 33.6 Å². The fourth-order valence-corrected chi connectivity index (χ4v) is 4.98. The zero-order valence-electron chi connectivity index (χ0n) is 20.1. The lowest BCUT2D eigenvalue weighted by molar-refractivity contribution is -0.149. The second kappa shape index (κ2) is 10.9. The van der Waals surface area contributed by atoms with Gasteiger partial charge in [-0.1, -0.05) is 31.5 Å². The van der Waals surface area contributed by atoms with Gasteiger partial charge in [0.15, 0.2) is 11.5 Å². The molecule has 7 nitrogen and oxygen atoms in total. The van der Waals surface area contributed by atoms with Crippen LogP contribution in [0, 0.1) is 5.92 Å². The van der Waals surface area contributed by atoms with Gasteiger partial charge in [0.2, 0.25) is 6.79 Å². The molecule has 182 valence electrons. The van der Waals surface area contributed by atoms with E-state index >= 15 is 0 Å². The third-order valence-corrected chi connectivity index (χ3v) is 6.63. The largest absolute Gasteiger partial charge is 0.497 e. The highest BCUT2D eigenvalue weighted by Crippen LogP contribution is 2.48. The number of rotatable bonds is 10. The third-order valence-electron chi connectivity index (χ3n) is 6.63. The van der Waals surface area contributed by atoms with Crippen molar-refractivity contribution in [2.45, 2.75) is 45.1 Å². The number of unbranched alkanes of at least 4 members (excludes halogenated alkanes) is 1. The SMILES string of the molecule is CCCCC(=O)CN1C[C@H](c2ccc3c(c2)OCO3)[C@H](C(=O)OCC)[C@H]1c1ccc(OC)cc1.